The molecule has 0 heterocycles. The summed E-state index contributed by atoms with van der Waals surface area (Å²) >= 11 is 0. The number of anilines is 4. The third-order valence-electron chi connectivity index (χ3n) is 7.98. The van der Waals surface area contributed by atoms with Gasteiger partial charge in [-0.3, -0.25) is 0 Å². The van der Waals surface area contributed by atoms with Crippen LogP contribution in [0, 0.1) is 17.2 Å². The number of nitrogens with zero attached hydrogens (tertiary/aromatic N) is 3. The van der Waals surface area contributed by atoms with Crippen molar-refractivity contribution in [3.63, 3.8) is 0 Å². The maximum atomic E-state index is 9.39. The lowest BCUT2D eigenvalue weighted by Crippen LogP contribution is -2.21. The van der Waals surface area contributed by atoms with Crippen LogP contribution in [-0.2, 0) is 0 Å². The summed E-state index contributed by atoms with van der Waals surface area (Å²) in [5.41, 5.74) is 10.7. The Morgan fingerprint density at radius 3 is 2.32 bits per heavy atom. The molecule has 0 N–H and O–H groups in total. The van der Waals surface area contributed by atoms with Gasteiger partial charge in [0.15, 0.2) is 0 Å². The predicted octanol–water partition coefficient (Wildman–Crippen LogP) is 11.0. The Hall–Kier alpha value is -5.33. The van der Waals surface area contributed by atoms with Gasteiger partial charge < -0.3 is 9.80 Å². The lowest BCUT2D eigenvalue weighted by Gasteiger charge is -2.31. The molecule has 1 unspecified atom stereocenters. The molecule has 3 nitrogen and oxygen atoms in total. The number of allylic oxidation sites excluding steroid dienone is 8. The minimum Gasteiger partial charge on any atom is -0.345 e. The lowest BCUT2D eigenvalue weighted by molar-refractivity contribution is 0.830. The van der Waals surface area contributed by atoms with Crippen molar-refractivity contribution in [2.24, 2.45) is 5.92 Å². The summed E-state index contributed by atoms with van der Waals surface area (Å²) in [7, 11) is 2.03. The van der Waals surface area contributed by atoms with E-state index < -0.39 is 0 Å². The first-order valence-electron chi connectivity index (χ1n) is 15.2. The second-order valence-corrected chi connectivity index (χ2v) is 11.0. The van der Waals surface area contributed by atoms with Crippen molar-refractivity contribution in [3.8, 4) is 6.07 Å². The fourth-order valence-corrected chi connectivity index (χ4v) is 5.49. The molecule has 0 fully saturated rings. The van der Waals surface area contributed by atoms with E-state index in [2.05, 4.69) is 146 Å². The number of hydrogen-bond donors (Lipinski definition) is 0. The van der Waals surface area contributed by atoms with E-state index in [0.717, 1.165) is 46.7 Å². The van der Waals surface area contributed by atoms with E-state index in [9.17, 15) is 5.26 Å². The van der Waals surface area contributed by atoms with Crippen LogP contribution in [0.15, 0.2) is 152 Å². The van der Waals surface area contributed by atoms with Crippen LogP contribution in [0.3, 0.4) is 0 Å². The average molecular weight is 574 g/mol. The fraction of sp³-hybridized carbons (Fsp3) is 0.146. The molecule has 0 aromatic heterocycles. The monoisotopic (exact) mass is 573 g/mol. The Morgan fingerprint density at radius 1 is 0.864 bits per heavy atom. The molecule has 218 valence electrons. The highest BCUT2D eigenvalue weighted by Crippen LogP contribution is 2.39. The summed E-state index contributed by atoms with van der Waals surface area (Å²) in [5, 5.41) is 9.39. The molecule has 3 heteroatoms. The summed E-state index contributed by atoms with van der Waals surface area (Å²) in [4.78, 5) is 4.48. The number of unbranched alkanes of at least 4 members (excludes halogenated alkanes) is 1. The molecular weight excluding hydrogens is 534 g/mol. The van der Waals surface area contributed by atoms with E-state index in [1.807, 2.05) is 37.4 Å². The topological polar surface area (TPSA) is 30.3 Å². The number of hydrogen-bond acceptors (Lipinski definition) is 3. The van der Waals surface area contributed by atoms with E-state index in [4.69, 9.17) is 0 Å². The second-order valence-electron chi connectivity index (χ2n) is 11.0. The lowest BCUT2D eigenvalue weighted by atomic mass is 9.99. The molecule has 4 aromatic rings. The number of rotatable bonds is 10. The molecule has 0 bridgehead atoms. The minimum absolute atomic E-state index is 0.168. The Kier molecular flexibility index (Phi) is 9.74. The predicted molar refractivity (Wildman–Crippen MR) is 188 cm³/mol. The molecule has 0 saturated carbocycles. The largest absolute Gasteiger partial charge is 0.345 e. The summed E-state index contributed by atoms with van der Waals surface area (Å²) in [6.07, 6.45) is 15.3. The van der Waals surface area contributed by atoms with Crippen LogP contribution >= 0.6 is 0 Å². The molecule has 0 radical (unpaired) electrons. The SMILES string of the molecule is C=C/C(=C\CCC)c1cccc(N(C2=CC(c3ccccc3)=CC=CC2C)c2ccc(N(C)c3cccc(C#N)c3)cc2)c1. The van der Waals surface area contributed by atoms with E-state index in [0.29, 0.717) is 5.56 Å². The molecule has 0 aliphatic heterocycles. The third kappa shape index (κ3) is 6.83. The Morgan fingerprint density at radius 2 is 1.59 bits per heavy atom. The van der Waals surface area contributed by atoms with Crippen molar-refractivity contribution in [1.29, 1.82) is 5.26 Å². The van der Waals surface area contributed by atoms with Crippen LogP contribution in [-0.4, -0.2) is 7.05 Å². The van der Waals surface area contributed by atoms with Crippen LogP contribution in [0.25, 0.3) is 11.1 Å². The van der Waals surface area contributed by atoms with E-state index in [1.54, 1.807) is 0 Å². The zero-order valence-corrected chi connectivity index (χ0v) is 25.8. The van der Waals surface area contributed by atoms with E-state index in [1.165, 1.54) is 16.8 Å². The first-order chi connectivity index (χ1) is 21.5. The zero-order chi connectivity index (χ0) is 30.9. The van der Waals surface area contributed by atoms with Gasteiger partial charge in [0.2, 0.25) is 0 Å². The summed E-state index contributed by atoms with van der Waals surface area (Å²) in [6.45, 7) is 8.56. The van der Waals surface area contributed by atoms with Crippen molar-refractivity contribution in [2.45, 2.75) is 26.7 Å². The van der Waals surface area contributed by atoms with Gasteiger partial charge in [-0.25, -0.2) is 0 Å². The molecule has 0 saturated heterocycles. The van der Waals surface area contributed by atoms with Gasteiger partial charge in [0, 0.05) is 41.4 Å². The standard InChI is InChI=1S/C41H39N3/c1-5-7-16-33(6-2)35-20-13-22-40(28-35)44(41-29-36(19-11-14-31(41)3)34-17-9-8-10-18-34)38-25-23-37(24-26-38)43(4)39-21-12-15-32(27-39)30-42/h6,8-29,31H,2,5,7H2,1,3-4H3/b33-16+. The van der Waals surface area contributed by atoms with Crippen molar-refractivity contribution in [1.82, 2.24) is 0 Å². The summed E-state index contributed by atoms with van der Waals surface area (Å²) in [6, 6.07) is 37.9. The normalized spacial score (nSPS) is 14.6. The van der Waals surface area contributed by atoms with Crippen molar-refractivity contribution >= 4 is 33.9 Å². The fourth-order valence-electron chi connectivity index (χ4n) is 5.49. The molecule has 44 heavy (non-hydrogen) atoms. The second kappa shape index (κ2) is 14.2. The third-order valence-corrected chi connectivity index (χ3v) is 7.98. The summed E-state index contributed by atoms with van der Waals surface area (Å²) < 4.78 is 0. The van der Waals surface area contributed by atoms with Crippen LogP contribution < -0.4 is 9.80 Å². The molecule has 5 rings (SSSR count). The average Bonchev–Trinajstić information content (AvgIpc) is 3.27. The van der Waals surface area contributed by atoms with Gasteiger partial charge in [-0.1, -0.05) is 106 Å². The number of benzene rings is 4. The van der Waals surface area contributed by atoms with Crippen molar-refractivity contribution < 1.29 is 0 Å². The Labute approximate surface area is 262 Å². The smallest absolute Gasteiger partial charge is 0.0992 e. The highest BCUT2D eigenvalue weighted by Gasteiger charge is 2.21. The zero-order valence-electron chi connectivity index (χ0n) is 25.8. The van der Waals surface area contributed by atoms with Gasteiger partial charge in [0.05, 0.1) is 11.6 Å². The molecule has 4 aromatic carbocycles. The maximum Gasteiger partial charge on any atom is 0.0992 e. The van der Waals surface area contributed by atoms with E-state index >= 15 is 0 Å². The van der Waals surface area contributed by atoms with Gasteiger partial charge in [-0.05, 0) is 89.4 Å². The quantitative estimate of drug-likeness (QED) is 0.177. The maximum absolute atomic E-state index is 9.39. The van der Waals surface area contributed by atoms with Crippen LogP contribution in [0.4, 0.5) is 22.7 Å². The molecule has 0 amide bonds. The molecule has 1 aliphatic carbocycles. The van der Waals surface area contributed by atoms with Gasteiger partial charge in [0.1, 0.15) is 0 Å². The highest BCUT2D eigenvalue weighted by molar-refractivity contribution is 5.82. The summed E-state index contributed by atoms with van der Waals surface area (Å²) in [5.74, 6) is 0.168. The van der Waals surface area contributed by atoms with Gasteiger partial charge in [-0.2, -0.15) is 5.26 Å². The van der Waals surface area contributed by atoms with Gasteiger partial charge >= 0.3 is 0 Å². The van der Waals surface area contributed by atoms with Crippen molar-refractivity contribution in [3.05, 3.63) is 169 Å². The van der Waals surface area contributed by atoms with Crippen LogP contribution in [0.2, 0.25) is 0 Å². The highest BCUT2D eigenvalue weighted by atomic mass is 15.2. The molecule has 0 spiro atoms. The molecular formula is C41H39N3. The Bertz CT molecular complexity index is 1760. The first-order valence-corrected chi connectivity index (χ1v) is 15.2. The molecule has 1 aliphatic rings. The van der Waals surface area contributed by atoms with Gasteiger partial charge in [0.25, 0.3) is 0 Å². The Balaban J connectivity index is 1.62. The van der Waals surface area contributed by atoms with Crippen LogP contribution in [0.1, 0.15) is 43.4 Å². The van der Waals surface area contributed by atoms with Crippen LogP contribution in [0.5, 0.6) is 0 Å². The number of nitriles is 1. The van der Waals surface area contributed by atoms with Crippen molar-refractivity contribution in [2.75, 3.05) is 16.8 Å². The minimum atomic E-state index is 0.168. The first kappa shape index (κ1) is 30.1. The molecule has 1 atom stereocenters. The van der Waals surface area contributed by atoms with Gasteiger partial charge in [-0.15, -0.1) is 0 Å². The van der Waals surface area contributed by atoms with E-state index in [-0.39, 0.29) is 5.92 Å².